The van der Waals surface area contributed by atoms with E-state index in [2.05, 4.69) is 26.5 Å². The van der Waals surface area contributed by atoms with Gasteiger partial charge in [-0.2, -0.15) is 5.10 Å². The summed E-state index contributed by atoms with van der Waals surface area (Å²) in [5.41, 5.74) is 3.70. The van der Waals surface area contributed by atoms with Crippen molar-refractivity contribution in [3.8, 4) is 5.75 Å². The number of ether oxygens (including phenoxy) is 1. The quantitative estimate of drug-likeness (QED) is 0.663. The zero-order chi connectivity index (χ0) is 16.1. The van der Waals surface area contributed by atoms with Crippen molar-refractivity contribution in [2.45, 2.75) is 6.92 Å². The highest BCUT2D eigenvalue weighted by Gasteiger charge is 2.10. The van der Waals surface area contributed by atoms with Gasteiger partial charge in [-0.1, -0.05) is 12.1 Å². The Kier molecular flexibility index (Phi) is 5.27. The number of halogens is 2. The summed E-state index contributed by atoms with van der Waals surface area (Å²) >= 11 is 3.38. The molecule has 0 unspecified atom stereocenters. The number of rotatable bonds is 4. The highest BCUT2D eigenvalue weighted by Crippen LogP contribution is 2.25. The van der Waals surface area contributed by atoms with Crippen LogP contribution in [0, 0.1) is 5.82 Å². The molecule has 0 spiro atoms. The number of carbonyl (C=O) groups excluding carboxylic acids is 1. The molecule has 0 fully saturated rings. The van der Waals surface area contributed by atoms with Crippen molar-refractivity contribution in [1.29, 1.82) is 0 Å². The van der Waals surface area contributed by atoms with E-state index in [9.17, 15) is 9.18 Å². The van der Waals surface area contributed by atoms with Crippen molar-refractivity contribution in [2.75, 3.05) is 7.11 Å². The summed E-state index contributed by atoms with van der Waals surface area (Å²) in [4.78, 5) is 11.9. The number of hydrogen-bond donors (Lipinski definition) is 1. The van der Waals surface area contributed by atoms with Crippen molar-refractivity contribution >= 4 is 27.5 Å². The smallest absolute Gasteiger partial charge is 0.274 e. The lowest BCUT2D eigenvalue weighted by atomic mass is 10.1. The Morgan fingerprint density at radius 1 is 1.27 bits per heavy atom. The lowest BCUT2D eigenvalue weighted by Crippen LogP contribution is -2.20. The lowest BCUT2D eigenvalue weighted by Gasteiger charge is -2.07. The maximum atomic E-state index is 13.5. The number of amides is 1. The largest absolute Gasteiger partial charge is 0.496 e. The predicted molar refractivity (Wildman–Crippen MR) is 86.8 cm³/mol. The average molecular weight is 365 g/mol. The second-order valence-electron chi connectivity index (χ2n) is 4.47. The maximum absolute atomic E-state index is 13.5. The Morgan fingerprint density at radius 2 is 2.00 bits per heavy atom. The van der Waals surface area contributed by atoms with Crippen molar-refractivity contribution < 1.29 is 13.9 Å². The van der Waals surface area contributed by atoms with Crippen LogP contribution in [0.15, 0.2) is 52.0 Å². The van der Waals surface area contributed by atoms with E-state index in [0.717, 1.165) is 10.0 Å². The van der Waals surface area contributed by atoms with Crippen LogP contribution in [0.5, 0.6) is 5.75 Å². The summed E-state index contributed by atoms with van der Waals surface area (Å²) in [6, 6.07) is 11.2. The average Bonchev–Trinajstić information content (AvgIpc) is 2.52. The summed E-state index contributed by atoms with van der Waals surface area (Å²) in [6.07, 6.45) is 0. The Morgan fingerprint density at radius 3 is 2.64 bits per heavy atom. The van der Waals surface area contributed by atoms with E-state index < -0.39 is 11.7 Å². The second-order valence-corrected chi connectivity index (χ2v) is 5.32. The molecule has 2 aromatic carbocycles. The standard InChI is InChI=1S/C16H14BrFN2O2/c1-10(11-7-8-15(22-2)13(17)9-11)19-20-16(21)12-5-3-4-6-14(12)18/h3-9H,1-2H3,(H,20,21)/b19-10-. The van der Waals surface area contributed by atoms with Gasteiger partial charge in [0, 0.05) is 0 Å². The van der Waals surface area contributed by atoms with Crippen LogP contribution in [0.3, 0.4) is 0 Å². The zero-order valence-corrected chi connectivity index (χ0v) is 13.6. The molecule has 1 N–H and O–H groups in total. The highest BCUT2D eigenvalue weighted by molar-refractivity contribution is 9.10. The number of nitrogens with zero attached hydrogens (tertiary/aromatic N) is 1. The fraction of sp³-hybridized carbons (Fsp3) is 0.125. The number of carbonyl (C=O) groups is 1. The molecule has 0 atom stereocenters. The van der Waals surface area contributed by atoms with Gasteiger partial charge in [-0.25, -0.2) is 9.82 Å². The molecule has 0 saturated carbocycles. The van der Waals surface area contributed by atoms with Crippen LogP contribution in [0.25, 0.3) is 0 Å². The SMILES string of the molecule is COc1ccc(/C(C)=N\NC(=O)c2ccccc2F)cc1Br. The third-order valence-electron chi connectivity index (χ3n) is 3.01. The summed E-state index contributed by atoms with van der Waals surface area (Å²) < 4.78 is 19.4. The van der Waals surface area contributed by atoms with Crippen molar-refractivity contribution in [2.24, 2.45) is 5.10 Å². The zero-order valence-electron chi connectivity index (χ0n) is 12.1. The van der Waals surface area contributed by atoms with Gasteiger partial charge in [-0.3, -0.25) is 4.79 Å². The topological polar surface area (TPSA) is 50.7 Å². The first kappa shape index (κ1) is 16.2. The summed E-state index contributed by atoms with van der Waals surface area (Å²) in [5, 5.41) is 4.00. The normalized spacial score (nSPS) is 11.2. The molecule has 0 bridgehead atoms. The lowest BCUT2D eigenvalue weighted by molar-refractivity contribution is 0.0951. The minimum absolute atomic E-state index is 0.0463. The number of hydrogen-bond acceptors (Lipinski definition) is 3. The highest BCUT2D eigenvalue weighted by atomic mass is 79.9. The first-order valence-corrected chi connectivity index (χ1v) is 7.25. The molecule has 2 rings (SSSR count). The van der Waals surface area contributed by atoms with Crippen molar-refractivity contribution in [3.05, 3.63) is 63.9 Å². The number of benzene rings is 2. The van der Waals surface area contributed by atoms with E-state index in [-0.39, 0.29) is 5.56 Å². The van der Waals surface area contributed by atoms with Gasteiger partial charge in [0.2, 0.25) is 0 Å². The Balaban J connectivity index is 2.14. The molecule has 0 aliphatic carbocycles. The minimum Gasteiger partial charge on any atom is -0.496 e. The van der Waals surface area contributed by atoms with Gasteiger partial charge in [0.15, 0.2) is 0 Å². The molecule has 6 heteroatoms. The van der Waals surface area contributed by atoms with Crippen LogP contribution in [-0.2, 0) is 0 Å². The van der Waals surface area contributed by atoms with E-state index in [4.69, 9.17) is 4.74 Å². The van der Waals surface area contributed by atoms with Crippen LogP contribution in [0.4, 0.5) is 4.39 Å². The molecule has 0 saturated heterocycles. The number of methoxy groups -OCH3 is 1. The van der Waals surface area contributed by atoms with Crippen LogP contribution in [0.2, 0.25) is 0 Å². The van der Waals surface area contributed by atoms with E-state index in [1.807, 2.05) is 12.1 Å². The van der Waals surface area contributed by atoms with Crippen LogP contribution >= 0.6 is 15.9 Å². The van der Waals surface area contributed by atoms with Crippen LogP contribution in [-0.4, -0.2) is 18.7 Å². The third-order valence-corrected chi connectivity index (χ3v) is 3.63. The fourth-order valence-corrected chi connectivity index (χ4v) is 2.34. The van der Waals surface area contributed by atoms with E-state index >= 15 is 0 Å². The monoisotopic (exact) mass is 364 g/mol. The van der Waals surface area contributed by atoms with Crippen LogP contribution in [0.1, 0.15) is 22.8 Å². The molecular weight excluding hydrogens is 351 g/mol. The molecule has 2 aromatic rings. The van der Waals surface area contributed by atoms with E-state index in [1.165, 1.54) is 18.2 Å². The summed E-state index contributed by atoms with van der Waals surface area (Å²) in [7, 11) is 1.58. The minimum atomic E-state index is -0.593. The molecule has 0 heterocycles. The van der Waals surface area contributed by atoms with E-state index in [0.29, 0.717) is 11.5 Å². The Bertz CT molecular complexity index is 732. The first-order chi connectivity index (χ1) is 10.5. The van der Waals surface area contributed by atoms with Crippen molar-refractivity contribution in [1.82, 2.24) is 5.43 Å². The van der Waals surface area contributed by atoms with Gasteiger partial charge in [0.05, 0.1) is 22.9 Å². The number of hydrazone groups is 1. The summed E-state index contributed by atoms with van der Waals surface area (Å²) in [6.45, 7) is 1.75. The number of nitrogens with one attached hydrogen (secondary N) is 1. The van der Waals surface area contributed by atoms with Crippen molar-refractivity contribution in [3.63, 3.8) is 0 Å². The van der Waals surface area contributed by atoms with Gasteiger partial charge >= 0.3 is 0 Å². The molecule has 0 aliphatic rings. The van der Waals surface area contributed by atoms with Gasteiger partial charge in [0.25, 0.3) is 5.91 Å². The van der Waals surface area contributed by atoms with Crippen LogP contribution < -0.4 is 10.2 Å². The fourth-order valence-electron chi connectivity index (χ4n) is 1.80. The first-order valence-electron chi connectivity index (χ1n) is 6.46. The van der Waals surface area contributed by atoms with Gasteiger partial charge in [-0.05, 0) is 58.7 Å². The molecule has 1 amide bonds. The van der Waals surface area contributed by atoms with Gasteiger partial charge in [-0.15, -0.1) is 0 Å². The summed E-state index contributed by atoms with van der Waals surface area (Å²) in [5.74, 6) is -0.475. The van der Waals surface area contributed by atoms with Gasteiger partial charge < -0.3 is 4.74 Å². The third kappa shape index (κ3) is 3.71. The van der Waals surface area contributed by atoms with E-state index in [1.54, 1.807) is 26.2 Å². The molecule has 0 aliphatic heterocycles. The van der Waals surface area contributed by atoms with Gasteiger partial charge in [0.1, 0.15) is 11.6 Å². The molecule has 4 nitrogen and oxygen atoms in total. The predicted octanol–water partition coefficient (Wildman–Crippen LogP) is 3.75. The second kappa shape index (κ2) is 7.17. The molecule has 0 radical (unpaired) electrons. The molecular formula is C16H14BrFN2O2. The maximum Gasteiger partial charge on any atom is 0.274 e. The molecule has 114 valence electrons. The Hall–Kier alpha value is -2.21. The molecule has 22 heavy (non-hydrogen) atoms. The molecule has 0 aromatic heterocycles. The Labute approximate surface area is 136 Å².